The molecule has 0 radical (unpaired) electrons. The second kappa shape index (κ2) is 8.86. The van der Waals surface area contributed by atoms with Gasteiger partial charge < -0.3 is 5.32 Å². The molecule has 0 saturated carbocycles. The van der Waals surface area contributed by atoms with Crippen LogP contribution in [-0.4, -0.2) is 28.1 Å². The Morgan fingerprint density at radius 3 is 2.22 bits per heavy atom. The molecule has 0 fully saturated rings. The zero-order chi connectivity index (χ0) is 18.7. The molecule has 0 amide bonds. The molecule has 148 valence electrons. The van der Waals surface area contributed by atoms with Crippen LogP contribution in [0.1, 0.15) is 19.8 Å². The van der Waals surface area contributed by atoms with Crippen LogP contribution in [0.15, 0.2) is 42.5 Å². The Kier molecular flexibility index (Phi) is 7.02. The maximum Gasteiger partial charge on any atom is 0.331 e. The number of benzene rings is 2. The first-order chi connectivity index (χ1) is 12.5. The summed E-state index contributed by atoms with van der Waals surface area (Å²) in [5.41, 5.74) is 0.108. The Labute approximate surface area is 164 Å². The summed E-state index contributed by atoms with van der Waals surface area (Å²) in [5.74, 6) is -1.84. The van der Waals surface area contributed by atoms with E-state index >= 15 is 0 Å². The fourth-order valence-electron chi connectivity index (χ4n) is 3.03. The van der Waals surface area contributed by atoms with Gasteiger partial charge in [-0.15, -0.1) is 12.4 Å². The highest BCUT2D eigenvalue weighted by molar-refractivity contribution is 7.95. The van der Waals surface area contributed by atoms with Crippen molar-refractivity contribution in [2.75, 3.05) is 28.2 Å². The number of para-hydroxylation sites is 3. The van der Waals surface area contributed by atoms with Gasteiger partial charge in [-0.05, 0) is 50.2 Å². The number of nitrogens with zero attached hydrogens (tertiary/aromatic N) is 2. The SMILES string of the molecule is CCNCCCCN1c2ccccc2N(c2c(F)cccc2F)S1(=O)=O.Cl. The summed E-state index contributed by atoms with van der Waals surface area (Å²) in [4.78, 5) is 0. The van der Waals surface area contributed by atoms with E-state index in [0.717, 1.165) is 35.9 Å². The van der Waals surface area contributed by atoms with Crippen LogP contribution >= 0.6 is 12.4 Å². The van der Waals surface area contributed by atoms with Crippen molar-refractivity contribution in [1.82, 2.24) is 5.32 Å². The summed E-state index contributed by atoms with van der Waals surface area (Å²) in [6.45, 7) is 3.89. The van der Waals surface area contributed by atoms with Crippen molar-refractivity contribution in [1.29, 1.82) is 0 Å². The van der Waals surface area contributed by atoms with Crippen molar-refractivity contribution in [2.45, 2.75) is 19.8 Å². The molecule has 3 rings (SSSR count). The second-order valence-electron chi connectivity index (χ2n) is 5.96. The molecule has 0 aliphatic carbocycles. The average Bonchev–Trinajstić information content (AvgIpc) is 2.82. The van der Waals surface area contributed by atoms with Crippen LogP contribution in [0.25, 0.3) is 0 Å². The second-order valence-corrected chi connectivity index (χ2v) is 7.67. The minimum absolute atomic E-state index is 0. The number of halogens is 3. The third kappa shape index (κ3) is 4.02. The van der Waals surface area contributed by atoms with Crippen LogP contribution in [0.2, 0.25) is 0 Å². The maximum absolute atomic E-state index is 14.3. The molecule has 0 bridgehead atoms. The van der Waals surface area contributed by atoms with Gasteiger partial charge >= 0.3 is 10.2 Å². The highest BCUT2D eigenvalue weighted by Crippen LogP contribution is 2.46. The molecule has 27 heavy (non-hydrogen) atoms. The quantitative estimate of drug-likeness (QED) is 0.693. The molecule has 0 saturated heterocycles. The van der Waals surface area contributed by atoms with Gasteiger partial charge in [-0.1, -0.05) is 25.1 Å². The Bertz CT molecular complexity index is 876. The van der Waals surface area contributed by atoms with Crippen molar-refractivity contribution in [3.63, 3.8) is 0 Å². The molecule has 2 aromatic rings. The molecule has 0 unspecified atom stereocenters. The zero-order valence-corrected chi connectivity index (χ0v) is 16.5. The van der Waals surface area contributed by atoms with Gasteiger partial charge in [0.05, 0.1) is 11.4 Å². The van der Waals surface area contributed by atoms with Crippen LogP contribution in [0.5, 0.6) is 0 Å². The van der Waals surface area contributed by atoms with Gasteiger partial charge in [0.2, 0.25) is 0 Å². The molecule has 1 aliphatic heterocycles. The third-order valence-corrected chi connectivity index (χ3v) is 6.01. The Hall–Kier alpha value is -1.90. The van der Waals surface area contributed by atoms with Crippen LogP contribution in [0, 0.1) is 11.6 Å². The fraction of sp³-hybridized carbons (Fsp3) is 0.333. The van der Waals surface area contributed by atoms with E-state index in [0.29, 0.717) is 12.1 Å². The molecular weight excluding hydrogens is 396 g/mol. The number of rotatable bonds is 7. The molecule has 0 aromatic heterocycles. The summed E-state index contributed by atoms with van der Waals surface area (Å²) in [5, 5.41) is 3.19. The molecule has 1 aliphatic rings. The van der Waals surface area contributed by atoms with E-state index in [1.807, 2.05) is 6.92 Å². The predicted molar refractivity (Wildman–Crippen MR) is 106 cm³/mol. The number of anilines is 3. The lowest BCUT2D eigenvalue weighted by atomic mass is 10.2. The van der Waals surface area contributed by atoms with Crippen LogP contribution in [0.4, 0.5) is 25.8 Å². The van der Waals surface area contributed by atoms with Crippen molar-refractivity contribution in [3.8, 4) is 0 Å². The Morgan fingerprint density at radius 2 is 1.59 bits per heavy atom. The number of unbranched alkanes of at least 4 members (excludes halogenated alkanes) is 1. The van der Waals surface area contributed by atoms with Gasteiger partial charge in [-0.3, -0.25) is 4.31 Å². The highest BCUT2D eigenvalue weighted by Gasteiger charge is 2.43. The van der Waals surface area contributed by atoms with E-state index in [1.54, 1.807) is 24.3 Å². The van der Waals surface area contributed by atoms with Crippen molar-refractivity contribution < 1.29 is 17.2 Å². The summed E-state index contributed by atoms with van der Waals surface area (Å²) < 4.78 is 56.7. The monoisotopic (exact) mass is 417 g/mol. The number of nitrogens with one attached hydrogen (secondary N) is 1. The van der Waals surface area contributed by atoms with E-state index in [2.05, 4.69) is 5.32 Å². The van der Waals surface area contributed by atoms with Crippen LogP contribution in [0.3, 0.4) is 0 Å². The average molecular weight is 418 g/mol. The molecule has 5 nitrogen and oxygen atoms in total. The van der Waals surface area contributed by atoms with Gasteiger partial charge in [0.1, 0.15) is 5.69 Å². The van der Waals surface area contributed by atoms with Crippen molar-refractivity contribution >= 4 is 39.7 Å². The van der Waals surface area contributed by atoms with E-state index in [-0.39, 0.29) is 24.6 Å². The fourth-order valence-corrected chi connectivity index (χ4v) is 4.80. The Morgan fingerprint density at radius 1 is 0.963 bits per heavy atom. The number of hydrogen-bond acceptors (Lipinski definition) is 3. The lowest BCUT2D eigenvalue weighted by Crippen LogP contribution is -2.37. The van der Waals surface area contributed by atoms with Gasteiger partial charge in [-0.2, -0.15) is 8.42 Å². The standard InChI is InChI=1S/C18H21F2N3O2S.ClH/c1-2-21-12-5-6-13-22-16-10-3-4-11-17(16)23(26(22,24)25)18-14(19)8-7-9-15(18)20;/h3-4,7-11,21H,2,5-6,12-13H2,1H3;1H. The molecule has 0 atom stereocenters. The lowest BCUT2D eigenvalue weighted by Gasteiger charge is -2.22. The molecule has 2 aromatic carbocycles. The van der Waals surface area contributed by atoms with E-state index < -0.39 is 27.5 Å². The molecular formula is C18H22ClF2N3O2S. The third-order valence-electron chi connectivity index (χ3n) is 4.23. The molecule has 1 heterocycles. The van der Waals surface area contributed by atoms with E-state index in [1.165, 1.54) is 10.4 Å². The Balaban J connectivity index is 0.00000261. The zero-order valence-electron chi connectivity index (χ0n) is 14.9. The van der Waals surface area contributed by atoms with Gasteiger partial charge in [0.25, 0.3) is 0 Å². The van der Waals surface area contributed by atoms with Crippen molar-refractivity contribution in [2.24, 2.45) is 0 Å². The maximum atomic E-state index is 14.3. The summed E-state index contributed by atoms with van der Waals surface area (Å²) >= 11 is 0. The molecule has 9 heteroatoms. The number of fused-ring (bicyclic) bond motifs is 1. The summed E-state index contributed by atoms with van der Waals surface area (Å²) in [6.07, 6.45) is 1.43. The minimum Gasteiger partial charge on any atom is -0.317 e. The van der Waals surface area contributed by atoms with Gasteiger partial charge in [0.15, 0.2) is 11.6 Å². The van der Waals surface area contributed by atoms with E-state index in [4.69, 9.17) is 0 Å². The van der Waals surface area contributed by atoms with E-state index in [9.17, 15) is 17.2 Å². The smallest absolute Gasteiger partial charge is 0.317 e. The molecule has 0 spiro atoms. The largest absolute Gasteiger partial charge is 0.331 e. The summed E-state index contributed by atoms with van der Waals surface area (Å²) in [7, 11) is -4.11. The van der Waals surface area contributed by atoms with Gasteiger partial charge in [0, 0.05) is 6.54 Å². The van der Waals surface area contributed by atoms with Crippen LogP contribution < -0.4 is 13.9 Å². The predicted octanol–water partition coefficient (Wildman–Crippen LogP) is 3.98. The van der Waals surface area contributed by atoms with Crippen LogP contribution in [-0.2, 0) is 10.2 Å². The first kappa shape index (κ1) is 21.4. The lowest BCUT2D eigenvalue weighted by molar-refractivity contribution is 0.573. The topological polar surface area (TPSA) is 52.6 Å². The normalized spacial score (nSPS) is 14.8. The minimum atomic E-state index is -4.11. The van der Waals surface area contributed by atoms with Gasteiger partial charge in [-0.25, -0.2) is 13.1 Å². The van der Waals surface area contributed by atoms with Crippen molar-refractivity contribution in [3.05, 3.63) is 54.1 Å². The molecule has 1 N–H and O–H groups in total. The first-order valence-electron chi connectivity index (χ1n) is 8.55. The number of hydrogen-bond donors (Lipinski definition) is 1. The highest BCUT2D eigenvalue weighted by atomic mass is 35.5. The summed E-state index contributed by atoms with van der Waals surface area (Å²) in [6, 6.07) is 9.87. The first-order valence-corrected chi connectivity index (χ1v) is 9.95.